The van der Waals surface area contributed by atoms with Crippen LogP contribution in [-0.2, 0) is 0 Å². The second-order valence-corrected chi connectivity index (χ2v) is 6.34. The largest absolute Gasteiger partial charge is 0.344 e. The molecular weight excluding hydrogens is 242 g/mol. The molecule has 0 heterocycles. The first-order valence-corrected chi connectivity index (χ1v) is 7.43. The molecule has 98 valence electrons. The van der Waals surface area contributed by atoms with Gasteiger partial charge in [0.15, 0.2) is 0 Å². The Labute approximate surface area is 114 Å². The minimum atomic E-state index is 0.0806. The Morgan fingerprint density at radius 3 is 2.67 bits per heavy atom. The van der Waals surface area contributed by atoms with Crippen LogP contribution in [0.25, 0.3) is 0 Å². The summed E-state index contributed by atoms with van der Waals surface area (Å²) < 4.78 is 0. The molecule has 1 fully saturated rings. The monoisotopic (exact) mass is 263 g/mol. The Hall–Kier alpha value is -0.960. The number of hydrogen-bond acceptors (Lipinski definition) is 2. The summed E-state index contributed by atoms with van der Waals surface area (Å²) in [5.41, 5.74) is 2.51. The Kier molecular flexibility index (Phi) is 4.33. The van der Waals surface area contributed by atoms with E-state index in [2.05, 4.69) is 38.2 Å². The SMILES string of the molecule is Cc1ccc(SC(=O)NC2CCCC2C)cc1C. The first kappa shape index (κ1) is 13.5. The summed E-state index contributed by atoms with van der Waals surface area (Å²) >= 11 is 1.31. The van der Waals surface area contributed by atoms with Crippen LogP contribution in [0, 0.1) is 19.8 Å². The van der Waals surface area contributed by atoms with Gasteiger partial charge in [0.05, 0.1) is 0 Å². The molecule has 2 nitrogen and oxygen atoms in total. The standard InChI is InChI=1S/C15H21NOS/c1-10-7-8-13(9-12(10)3)18-15(17)16-14-6-4-5-11(14)2/h7-9,11,14H,4-6H2,1-3H3,(H,16,17). The van der Waals surface area contributed by atoms with Crippen molar-refractivity contribution in [1.82, 2.24) is 5.32 Å². The highest BCUT2D eigenvalue weighted by atomic mass is 32.2. The summed E-state index contributed by atoms with van der Waals surface area (Å²) in [4.78, 5) is 13.0. The zero-order valence-electron chi connectivity index (χ0n) is 11.3. The number of rotatable bonds is 2. The van der Waals surface area contributed by atoms with Gasteiger partial charge in [0.25, 0.3) is 5.24 Å². The van der Waals surface area contributed by atoms with Gasteiger partial charge in [-0.1, -0.05) is 19.4 Å². The van der Waals surface area contributed by atoms with Gasteiger partial charge in [0.2, 0.25) is 0 Å². The van der Waals surface area contributed by atoms with Crippen molar-refractivity contribution in [2.24, 2.45) is 5.92 Å². The fourth-order valence-corrected chi connectivity index (χ4v) is 3.22. The van der Waals surface area contributed by atoms with Gasteiger partial charge < -0.3 is 5.32 Å². The molecule has 1 N–H and O–H groups in total. The summed E-state index contributed by atoms with van der Waals surface area (Å²) in [6, 6.07) is 6.54. The summed E-state index contributed by atoms with van der Waals surface area (Å²) in [7, 11) is 0. The van der Waals surface area contributed by atoms with Crippen molar-refractivity contribution in [2.75, 3.05) is 0 Å². The van der Waals surface area contributed by atoms with Crippen molar-refractivity contribution in [3.8, 4) is 0 Å². The van der Waals surface area contributed by atoms with Crippen LogP contribution < -0.4 is 5.32 Å². The molecule has 1 aliphatic carbocycles. The zero-order valence-corrected chi connectivity index (χ0v) is 12.1. The van der Waals surface area contributed by atoms with Gasteiger partial charge in [0, 0.05) is 10.9 Å². The molecule has 2 unspecified atom stereocenters. The normalized spacial score (nSPS) is 23.1. The molecule has 1 saturated carbocycles. The average molecular weight is 263 g/mol. The number of aryl methyl sites for hydroxylation is 2. The van der Waals surface area contributed by atoms with Crippen molar-refractivity contribution in [2.45, 2.75) is 51.0 Å². The molecule has 0 spiro atoms. The van der Waals surface area contributed by atoms with E-state index in [1.54, 1.807) is 0 Å². The second kappa shape index (κ2) is 5.79. The van der Waals surface area contributed by atoms with E-state index in [0.717, 1.165) is 11.3 Å². The van der Waals surface area contributed by atoms with Crippen LogP contribution in [0.3, 0.4) is 0 Å². The predicted octanol–water partition coefficient (Wildman–Crippen LogP) is 4.29. The highest BCUT2D eigenvalue weighted by Crippen LogP contribution is 2.27. The molecule has 0 saturated heterocycles. The molecule has 3 heteroatoms. The lowest BCUT2D eigenvalue weighted by Crippen LogP contribution is -2.33. The number of nitrogens with one attached hydrogen (secondary N) is 1. The van der Waals surface area contributed by atoms with Gasteiger partial charge >= 0.3 is 0 Å². The number of carbonyl (C=O) groups excluding carboxylic acids is 1. The first-order chi connectivity index (χ1) is 8.56. The van der Waals surface area contributed by atoms with Gasteiger partial charge in [-0.2, -0.15) is 0 Å². The zero-order chi connectivity index (χ0) is 13.1. The van der Waals surface area contributed by atoms with Crippen LogP contribution in [0.4, 0.5) is 4.79 Å². The van der Waals surface area contributed by atoms with Gasteiger partial charge in [0.1, 0.15) is 0 Å². The maximum atomic E-state index is 12.0. The molecular formula is C15H21NOS. The number of hydrogen-bond donors (Lipinski definition) is 1. The smallest absolute Gasteiger partial charge is 0.284 e. The Balaban J connectivity index is 1.92. The fourth-order valence-electron chi connectivity index (χ4n) is 2.43. The number of thioether (sulfide) groups is 1. The van der Waals surface area contributed by atoms with Crippen LogP contribution in [0.1, 0.15) is 37.3 Å². The van der Waals surface area contributed by atoms with Gasteiger partial charge in [-0.15, -0.1) is 0 Å². The Morgan fingerprint density at radius 1 is 1.28 bits per heavy atom. The van der Waals surface area contributed by atoms with E-state index in [0.29, 0.717) is 12.0 Å². The lowest BCUT2D eigenvalue weighted by atomic mass is 10.1. The van der Waals surface area contributed by atoms with E-state index in [-0.39, 0.29) is 5.24 Å². The first-order valence-electron chi connectivity index (χ1n) is 6.62. The van der Waals surface area contributed by atoms with E-state index >= 15 is 0 Å². The van der Waals surface area contributed by atoms with Crippen LogP contribution in [0.2, 0.25) is 0 Å². The number of amides is 1. The molecule has 1 aromatic carbocycles. The van der Waals surface area contributed by atoms with Gasteiger partial charge in [-0.25, -0.2) is 0 Å². The maximum absolute atomic E-state index is 12.0. The molecule has 1 aromatic rings. The van der Waals surface area contributed by atoms with Gasteiger partial charge in [-0.05, 0) is 67.6 Å². The third-order valence-corrected chi connectivity index (χ3v) is 4.65. The van der Waals surface area contributed by atoms with E-state index in [9.17, 15) is 4.79 Å². The number of carbonyl (C=O) groups is 1. The topological polar surface area (TPSA) is 29.1 Å². The van der Waals surface area contributed by atoms with Crippen molar-refractivity contribution < 1.29 is 4.79 Å². The van der Waals surface area contributed by atoms with Crippen LogP contribution in [-0.4, -0.2) is 11.3 Å². The summed E-state index contributed by atoms with van der Waals surface area (Å²) in [6.45, 7) is 6.39. The molecule has 0 bridgehead atoms. The van der Waals surface area contributed by atoms with Crippen molar-refractivity contribution in [3.05, 3.63) is 29.3 Å². The third-order valence-electron chi connectivity index (χ3n) is 3.85. The Bertz CT molecular complexity index is 444. The van der Waals surface area contributed by atoms with Crippen molar-refractivity contribution in [1.29, 1.82) is 0 Å². The van der Waals surface area contributed by atoms with E-state index in [4.69, 9.17) is 0 Å². The predicted molar refractivity (Wildman–Crippen MR) is 77.1 cm³/mol. The summed E-state index contributed by atoms with van der Waals surface area (Å²) in [6.07, 6.45) is 3.60. The number of benzene rings is 1. The second-order valence-electron chi connectivity index (χ2n) is 5.29. The highest BCUT2D eigenvalue weighted by molar-refractivity contribution is 8.13. The molecule has 1 aliphatic rings. The lowest BCUT2D eigenvalue weighted by Gasteiger charge is -2.16. The summed E-state index contributed by atoms with van der Waals surface area (Å²) in [5, 5.41) is 3.22. The molecule has 0 aliphatic heterocycles. The fraction of sp³-hybridized carbons (Fsp3) is 0.533. The molecule has 2 rings (SSSR count). The highest BCUT2D eigenvalue weighted by Gasteiger charge is 2.24. The summed E-state index contributed by atoms with van der Waals surface area (Å²) in [5.74, 6) is 0.620. The van der Waals surface area contributed by atoms with Crippen molar-refractivity contribution in [3.63, 3.8) is 0 Å². The van der Waals surface area contributed by atoms with Crippen LogP contribution in [0.5, 0.6) is 0 Å². The molecule has 2 atom stereocenters. The van der Waals surface area contributed by atoms with Gasteiger partial charge in [-0.3, -0.25) is 4.79 Å². The lowest BCUT2D eigenvalue weighted by molar-refractivity contribution is 0.255. The quantitative estimate of drug-likeness (QED) is 0.806. The Morgan fingerprint density at radius 2 is 2.06 bits per heavy atom. The minimum absolute atomic E-state index is 0.0806. The van der Waals surface area contributed by atoms with Crippen LogP contribution in [0.15, 0.2) is 23.1 Å². The van der Waals surface area contributed by atoms with E-state index in [1.165, 1.54) is 35.7 Å². The molecule has 18 heavy (non-hydrogen) atoms. The third kappa shape index (κ3) is 3.29. The molecule has 0 aromatic heterocycles. The molecule has 0 radical (unpaired) electrons. The van der Waals surface area contributed by atoms with E-state index < -0.39 is 0 Å². The molecule has 1 amide bonds. The average Bonchev–Trinajstić information content (AvgIpc) is 2.70. The minimum Gasteiger partial charge on any atom is -0.344 e. The van der Waals surface area contributed by atoms with Crippen molar-refractivity contribution >= 4 is 17.0 Å². The maximum Gasteiger partial charge on any atom is 0.284 e. The van der Waals surface area contributed by atoms with Crippen LogP contribution >= 0.6 is 11.8 Å². The van der Waals surface area contributed by atoms with E-state index in [1.807, 2.05) is 6.07 Å².